The normalized spacial score (nSPS) is 14.4. The van der Waals surface area contributed by atoms with Crippen molar-refractivity contribution in [1.29, 1.82) is 5.26 Å². The summed E-state index contributed by atoms with van der Waals surface area (Å²) >= 11 is 0. The van der Waals surface area contributed by atoms with Crippen molar-refractivity contribution in [3.8, 4) is 6.07 Å². The number of anilines is 1. The molecule has 1 heterocycles. The summed E-state index contributed by atoms with van der Waals surface area (Å²) in [6, 6.07) is 6.70. The average Bonchev–Trinajstić information content (AvgIpc) is 2.29. The van der Waals surface area contributed by atoms with Crippen molar-refractivity contribution in [1.82, 2.24) is 4.90 Å². The number of carbonyl (C=O) groups is 2. The predicted octanol–water partition coefficient (Wildman–Crippen LogP) is 1.41. The third kappa shape index (κ3) is 2.65. The molecule has 1 aromatic carbocycles. The minimum atomic E-state index is -0.883. The van der Waals surface area contributed by atoms with E-state index >= 15 is 0 Å². The first-order valence-corrected chi connectivity index (χ1v) is 5.80. The maximum atomic E-state index is 11.9. The van der Waals surface area contributed by atoms with Gasteiger partial charge in [-0.05, 0) is 24.6 Å². The third-order valence-corrected chi connectivity index (χ3v) is 3.13. The van der Waals surface area contributed by atoms with Crippen molar-refractivity contribution >= 4 is 17.7 Å². The van der Waals surface area contributed by atoms with Crippen LogP contribution in [0.1, 0.15) is 11.1 Å². The number of likely N-dealkylation sites (tertiary alicyclic amines) is 1. The fraction of sp³-hybridized carbons (Fsp3) is 0.308. The van der Waals surface area contributed by atoms with Gasteiger partial charge in [-0.25, -0.2) is 4.79 Å². The van der Waals surface area contributed by atoms with Crippen molar-refractivity contribution in [3.63, 3.8) is 0 Å². The number of carboxylic acids is 1. The van der Waals surface area contributed by atoms with Crippen LogP contribution in [0.3, 0.4) is 0 Å². The van der Waals surface area contributed by atoms with Crippen molar-refractivity contribution in [2.24, 2.45) is 5.92 Å². The number of carbonyl (C=O) groups excluding carboxylic acids is 1. The number of aliphatic carboxylic acids is 1. The van der Waals surface area contributed by atoms with Gasteiger partial charge in [-0.15, -0.1) is 0 Å². The van der Waals surface area contributed by atoms with Crippen LogP contribution in [-0.4, -0.2) is 35.1 Å². The smallest absolute Gasteiger partial charge is 0.321 e. The lowest BCUT2D eigenvalue weighted by Gasteiger charge is -2.36. The molecule has 0 atom stereocenters. The van der Waals surface area contributed by atoms with Crippen LogP contribution in [-0.2, 0) is 4.79 Å². The second-order valence-electron chi connectivity index (χ2n) is 4.51. The van der Waals surface area contributed by atoms with Crippen LogP contribution in [0.15, 0.2) is 18.2 Å². The Morgan fingerprint density at radius 2 is 2.16 bits per heavy atom. The van der Waals surface area contributed by atoms with Crippen molar-refractivity contribution in [2.45, 2.75) is 6.92 Å². The molecule has 0 unspecified atom stereocenters. The predicted molar refractivity (Wildman–Crippen MR) is 67.6 cm³/mol. The van der Waals surface area contributed by atoms with Crippen molar-refractivity contribution < 1.29 is 14.7 Å². The summed E-state index contributed by atoms with van der Waals surface area (Å²) in [4.78, 5) is 23.9. The summed E-state index contributed by atoms with van der Waals surface area (Å²) in [5.41, 5.74) is 1.89. The molecule has 1 aromatic rings. The summed E-state index contributed by atoms with van der Waals surface area (Å²) in [5.74, 6) is -1.36. The Kier molecular flexibility index (Phi) is 3.38. The molecule has 0 aromatic heterocycles. The summed E-state index contributed by atoms with van der Waals surface area (Å²) in [5, 5.41) is 20.2. The molecule has 6 nitrogen and oxygen atoms in total. The Bertz CT molecular complexity index is 571. The van der Waals surface area contributed by atoms with Crippen LogP contribution in [0.4, 0.5) is 10.5 Å². The minimum absolute atomic E-state index is 0.220. The summed E-state index contributed by atoms with van der Waals surface area (Å²) in [6.45, 7) is 2.27. The van der Waals surface area contributed by atoms with Gasteiger partial charge in [-0.1, -0.05) is 6.07 Å². The number of carboxylic acid groups (broad SMARTS) is 1. The molecule has 0 spiro atoms. The Balaban J connectivity index is 2.01. The molecule has 0 bridgehead atoms. The lowest BCUT2D eigenvalue weighted by Crippen LogP contribution is -2.54. The molecule has 2 amide bonds. The quantitative estimate of drug-likeness (QED) is 0.839. The van der Waals surface area contributed by atoms with E-state index in [2.05, 4.69) is 5.32 Å². The number of urea groups is 1. The summed E-state index contributed by atoms with van der Waals surface area (Å²) < 4.78 is 0. The summed E-state index contributed by atoms with van der Waals surface area (Å²) in [6.07, 6.45) is 0. The number of nitrogens with zero attached hydrogens (tertiary/aromatic N) is 2. The van der Waals surface area contributed by atoms with Gasteiger partial charge in [-0.2, -0.15) is 5.26 Å². The molecule has 0 aliphatic carbocycles. The number of benzene rings is 1. The monoisotopic (exact) mass is 259 g/mol. The Morgan fingerprint density at radius 1 is 1.47 bits per heavy atom. The molecule has 2 N–H and O–H groups in total. The largest absolute Gasteiger partial charge is 0.481 e. The molecule has 1 saturated heterocycles. The van der Waals surface area contributed by atoms with Crippen LogP contribution < -0.4 is 5.32 Å². The van der Waals surface area contributed by atoms with Crippen LogP contribution in [0, 0.1) is 24.2 Å². The Morgan fingerprint density at radius 3 is 2.74 bits per heavy atom. The van der Waals surface area contributed by atoms with E-state index in [1.165, 1.54) is 4.90 Å². The summed E-state index contributed by atoms with van der Waals surface area (Å²) in [7, 11) is 0. The van der Waals surface area contributed by atoms with Gasteiger partial charge in [0.05, 0.1) is 17.6 Å². The first kappa shape index (κ1) is 12.9. The second kappa shape index (κ2) is 4.98. The Hall–Kier alpha value is -2.55. The van der Waals surface area contributed by atoms with E-state index in [0.29, 0.717) is 11.3 Å². The topological polar surface area (TPSA) is 93.4 Å². The van der Waals surface area contributed by atoms with Crippen molar-refractivity contribution in [2.75, 3.05) is 18.4 Å². The average molecular weight is 259 g/mol. The molecule has 1 fully saturated rings. The molecule has 6 heteroatoms. The van der Waals surface area contributed by atoms with E-state index in [4.69, 9.17) is 10.4 Å². The van der Waals surface area contributed by atoms with Gasteiger partial charge in [0.2, 0.25) is 0 Å². The van der Waals surface area contributed by atoms with E-state index < -0.39 is 11.9 Å². The number of amides is 2. The van der Waals surface area contributed by atoms with Crippen LogP contribution in [0.25, 0.3) is 0 Å². The zero-order valence-corrected chi connectivity index (χ0v) is 10.4. The minimum Gasteiger partial charge on any atom is -0.481 e. The number of hydrogen-bond acceptors (Lipinski definition) is 3. The van der Waals surface area contributed by atoms with E-state index in [1.54, 1.807) is 18.2 Å². The lowest BCUT2D eigenvalue weighted by atomic mass is 10.0. The van der Waals surface area contributed by atoms with Crippen LogP contribution >= 0.6 is 0 Å². The van der Waals surface area contributed by atoms with Crippen LogP contribution in [0.2, 0.25) is 0 Å². The van der Waals surface area contributed by atoms with Crippen LogP contribution in [0.5, 0.6) is 0 Å². The van der Waals surface area contributed by atoms with E-state index in [-0.39, 0.29) is 19.1 Å². The van der Waals surface area contributed by atoms with Crippen molar-refractivity contribution in [3.05, 3.63) is 29.3 Å². The second-order valence-corrected chi connectivity index (χ2v) is 4.51. The SMILES string of the molecule is Cc1ccc(C#N)cc1NC(=O)N1CC(C(=O)O)C1. The maximum Gasteiger partial charge on any atom is 0.321 e. The van der Waals surface area contributed by atoms with Gasteiger partial charge < -0.3 is 15.3 Å². The van der Waals surface area contributed by atoms with Gasteiger partial charge in [0.15, 0.2) is 0 Å². The molecule has 0 radical (unpaired) electrons. The number of aryl methyl sites for hydroxylation is 1. The third-order valence-electron chi connectivity index (χ3n) is 3.13. The lowest BCUT2D eigenvalue weighted by molar-refractivity contribution is -0.145. The highest BCUT2D eigenvalue weighted by Gasteiger charge is 2.35. The van der Waals surface area contributed by atoms with E-state index in [0.717, 1.165) is 5.56 Å². The van der Waals surface area contributed by atoms with Gasteiger partial charge in [0.25, 0.3) is 0 Å². The molecule has 1 aliphatic rings. The highest BCUT2D eigenvalue weighted by atomic mass is 16.4. The van der Waals surface area contributed by atoms with Gasteiger partial charge >= 0.3 is 12.0 Å². The molecule has 0 saturated carbocycles. The molecule has 2 rings (SSSR count). The van der Waals surface area contributed by atoms with E-state index in [1.807, 2.05) is 13.0 Å². The zero-order valence-electron chi connectivity index (χ0n) is 10.4. The number of nitriles is 1. The first-order valence-electron chi connectivity index (χ1n) is 5.80. The van der Waals surface area contributed by atoms with E-state index in [9.17, 15) is 9.59 Å². The number of nitrogens with one attached hydrogen (secondary N) is 1. The molecule has 1 aliphatic heterocycles. The standard InChI is InChI=1S/C13H13N3O3/c1-8-2-3-9(5-14)4-11(8)15-13(19)16-6-10(7-16)12(17)18/h2-4,10H,6-7H2,1H3,(H,15,19)(H,17,18). The zero-order chi connectivity index (χ0) is 14.0. The number of hydrogen-bond donors (Lipinski definition) is 2. The molecule has 98 valence electrons. The molecular formula is C13H13N3O3. The molecular weight excluding hydrogens is 246 g/mol. The first-order chi connectivity index (χ1) is 9.01. The molecule has 19 heavy (non-hydrogen) atoms. The fourth-order valence-corrected chi connectivity index (χ4v) is 1.82. The van der Waals surface area contributed by atoms with Gasteiger partial charge in [0, 0.05) is 18.8 Å². The fourth-order valence-electron chi connectivity index (χ4n) is 1.82. The Labute approximate surface area is 110 Å². The maximum absolute atomic E-state index is 11.9. The number of rotatable bonds is 2. The van der Waals surface area contributed by atoms with Gasteiger partial charge in [-0.3, -0.25) is 4.79 Å². The highest BCUT2D eigenvalue weighted by molar-refractivity contribution is 5.92. The van der Waals surface area contributed by atoms with Gasteiger partial charge in [0.1, 0.15) is 0 Å². The highest BCUT2D eigenvalue weighted by Crippen LogP contribution is 2.20.